The van der Waals surface area contributed by atoms with Crippen LogP contribution in [0.15, 0.2) is 0 Å². The first-order valence-electron chi connectivity index (χ1n) is 4.94. The number of hydrogen-bond donors (Lipinski definition) is 1. The second kappa shape index (κ2) is 4.09. The van der Waals surface area contributed by atoms with Crippen LogP contribution >= 0.6 is 0 Å². The minimum Gasteiger partial charge on any atom is -0.460 e. The van der Waals surface area contributed by atoms with Gasteiger partial charge >= 0.3 is 5.97 Å². The van der Waals surface area contributed by atoms with E-state index in [0.29, 0.717) is 0 Å². The molecule has 0 radical (unpaired) electrons. The molecule has 1 aliphatic carbocycles. The predicted molar refractivity (Wildman–Crippen MR) is 49.3 cm³/mol. The Morgan fingerprint density at radius 2 is 1.92 bits per heavy atom. The highest BCUT2D eigenvalue weighted by atomic mass is 16.6. The van der Waals surface area contributed by atoms with Gasteiger partial charge in [-0.3, -0.25) is 4.79 Å². The monoisotopic (exact) mass is 186 g/mol. The molecule has 0 aromatic carbocycles. The SMILES string of the molecule is CC(=O)OC(C)C1(O)CCCCC1. The van der Waals surface area contributed by atoms with Crippen molar-refractivity contribution < 1.29 is 14.6 Å². The van der Waals surface area contributed by atoms with Crippen molar-refractivity contribution >= 4 is 5.97 Å². The molecule has 0 heterocycles. The van der Waals surface area contributed by atoms with Crippen molar-refractivity contribution in [3.8, 4) is 0 Å². The van der Waals surface area contributed by atoms with Gasteiger partial charge in [-0.1, -0.05) is 19.3 Å². The summed E-state index contributed by atoms with van der Waals surface area (Å²) in [6.07, 6.45) is 4.37. The Kier molecular flexibility index (Phi) is 3.31. The molecule has 0 aliphatic heterocycles. The maximum Gasteiger partial charge on any atom is 0.302 e. The van der Waals surface area contributed by atoms with Crippen molar-refractivity contribution in [2.45, 2.75) is 57.7 Å². The van der Waals surface area contributed by atoms with E-state index in [4.69, 9.17) is 4.74 Å². The van der Waals surface area contributed by atoms with E-state index in [0.717, 1.165) is 25.7 Å². The van der Waals surface area contributed by atoms with Crippen molar-refractivity contribution in [2.24, 2.45) is 0 Å². The smallest absolute Gasteiger partial charge is 0.302 e. The maximum atomic E-state index is 10.7. The van der Waals surface area contributed by atoms with Crippen LogP contribution in [-0.4, -0.2) is 22.8 Å². The molecule has 0 spiro atoms. The van der Waals surface area contributed by atoms with Gasteiger partial charge in [0, 0.05) is 6.92 Å². The van der Waals surface area contributed by atoms with E-state index in [-0.39, 0.29) is 12.1 Å². The highest BCUT2D eigenvalue weighted by molar-refractivity contribution is 5.66. The van der Waals surface area contributed by atoms with Gasteiger partial charge in [0.15, 0.2) is 0 Å². The summed E-state index contributed by atoms with van der Waals surface area (Å²) in [7, 11) is 0. The van der Waals surface area contributed by atoms with Crippen LogP contribution in [0.4, 0.5) is 0 Å². The molecule has 1 atom stereocenters. The molecule has 0 bridgehead atoms. The average molecular weight is 186 g/mol. The second-order valence-corrected chi connectivity index (χ2v) is 3.92. The molecule has 13 heavy (non-hydrogen) atoms. The molecule has 1 aliphatic rings. The van der Waals surface area contributed by atoms with Crippen LogP contribution in [0.2, 0.25) is 0 Å². The summed E-state index contributed by atoms with van der Waals surface area (Å²) >= 11 is 0. The summed E-state index contributed by atoms with van der Waals surface area (Å²) < 4.78 is 5.00. The van der Waals surface area contributed by atoms with E-state index in [2.05, 4.69) is 0 Å². The van der Waals surface area contributed by atoms with Gasteiger partial charge < -0.3 is 9.84 Å². The summed E-state index contributed by atoms with van der Waals surface area (Å²) in [5.74, 6) is -0.313. The van der Waals surface area contributed by atoms with Crippen molar-refractivity contribution in [3.63, 3.8) is 0 Å². The van der Waals surface area contributed by atoms with Crippen LogP contribution in [0, 0.1) is 0 Å². The standard InChI is InChI=1S/C10H18O3/c1-8(13-9(2)11)10(12)6-4-3-5-7-10/h8,12H,3-7H2,1-2H3. The van der Waals surface area contributed by atoms with Crippen molar-refractivity contribution in [2.75, 3.05) is 0 Å². The van der Waals surface area contributed by atoms with Crippen LogP contribution in [0.3, 0.4) is 0 Å². The number of rotatable bonds is 2. The fourth-order valence-corrected chi connectivity index (χ4v) is 1.93. The summed E-state index contributed by atoms with van der Waals surface area (Å²) in [6, 6.07) is 0. The van der Waals surface area contributed by atoms with Gasteiger partial charge in [-0.25, -0.2) is 0 Å². The van der Waals surface area contributed by atoms with E-state index >= 15 is 0 Å². The zero-order chi connectivity index (χ0) is 9.90. The molecule has 3 heteroatoms. The topological polar surface area (TPSA) is 46.5 Å². The number of aliphatic hydroxyl groups is 1. The highest BCUT2D eigenvalue weighted by Gasteiger charge is 2.36. The van der Waals surface area contributed by atoms with Gasteiger partial charge in [-0.05, 0) is 19.8 Å². The minimum atomic E-state index is -0.774. The fraction of sp³-hybridized carbons (Fsp3) is 0.900. The molecule has 1 fully saturated rings. The lowest BCUT2D eigenvalue weighted by molar-refractivity contribution is -0.164. The molecular weight excluding hydrogens is 168 g/mol. The number of carbonyl (C=O) groups is 1. The van der Waals surface area contributed by atoms with Crippen molar-refractivity contribution in [1.29, 1.82) is 0 Å². The predicted octanol–water partition coefficient (Wildman–Crippen LogP) is 1.63. The van der Waals surface area contributed by atoms with Crippen LogP contribution in [-0.2, 0) is 9.53 Å². The third-order valence-electron chi connectivity index (χ3n) is 2.82. The van der Waals surface area contributed by atoms with Gasteiger partial charge in [0.25, 0.3) is 0 Å². The number of carbonyl (C=O) groups excluding carboxylic acids is 1. The van der Waals surface area contributed by atoms with Crippen LogP contribution < -0.4 is 0 Å². The number of ether oxygens (including phenoxy) is 1. The Hall–Kier alpha value is -0.570. The lowest BCUT2D eigenvalue weighted by Gasteiger charge is -2.36. The molecule has 1 saturated carbocycles. The minimum absolute atomic E-state index is 0.313. The maximum absolute atomic E-state index is 10.7. The number of hydrogen-bond acceptors (Lipinski definition) is 3. The van der Waals surface area contributed by atoms with Gasteiger partial charge in [0.2, 0.25) is 0 Å². The van der Waals surface area contributed by atoms with Crippen LogP contribution in [0.25, 0.3) is 0 Å². The second-order valence-electron chi connectivity index (χ2n) is 3.92. The van der Waals surface area contributed by atoms with Crippen molar-refractivity contribution in [3.05, 3.63) is 0 Å². The van der Waals surface area contributed by atoms with E-state index in [1.54, 1.807) is 6.92 Å². The average Bonchev–Trinajstić information content (AvgIpc) is 2.04. The van der Waals surface area contributed by atoms with Crippen LogP contribution in [0.1, 0.15) is 46.0 Å². The van der Waals surface area contributed by atoms with Crippen LogP contribution in [0.5, 0.6) is 0 Å². The van der Waals surface area contributed by atoms with Gasteiger partial charge in [0.1, 0.15) is 11.7 Å². The summed E-state index contributed by atoms with van der Waals surface area (Å²) in [6.45, 7) is 3.15. The first-order valence-corrected chi connectivity index (χ1v) is 4.94. The number of esters is 1. The van der Waals surface area contributed by atoms with E-state index in [1.807, 2.05) is 0 Å². The molecule has 0 amide bonds. The molecule has 76 valence electrons. The molecule has 0 saturated heterocycles. The Bertz CT molecular complexity index is 183. The van der Waals surface area contributed by atoms with Gasteiger partial charge in [-0.2, -0.15) is 0 Å². The zero-order valence-corrected chi connectivity index (χ0v) is 8.38. The first kappa shape index (κ1) is 10.5. The highest BCUT2D eigenvalue weighted by Crippen LogP contribution is 2.32. The molecule has 1 N–H and O–H groups in total. The van der Waals surface area contributed by atoms with E-state index in [1.165, 1.54) is 13.3 Å². The summed E-state index contributed by atoms with van der Waals surface area (Å²) in [4.78, 5) is 10.7. The molecule has 0 aromatic heterocycles. The lowest BCUT2D eigenvalue weighted by Crippen LogP contribution is -2.44. The van der Waals surface area contributed by atoms with Crippen molar-refractivity contribution in [1.82, 2.24) is 0 Å². The van der Waals surface area contributed by atoms with E-state index < -0.39 is 5.60 Å². The quantitative estimate of drug-likeness (QED) is 0.667. The third-order valence-corrected chi connectivity index (χ3v) is 2.82. The molecule has 3 nitrogen and oxygen atoms in total. The Balaban J connectivity index is 2.51. The Morgan fingerprint density at radius 3 is 2.38 bits per heavy atom. The largest absolute Gasteiger partial charge is 0.460 e. The molecule has 0 aromatic rings. The third kappa shape index (κ3) is 2.69. The summed E-state index contributed by atoms with van der Waals surface area (Å²) in [5.41, 5.74) is -0.774. The van der Waals surface area contributed by atoms with Gasteiger partial charge in [0.05, 0.1) is 0 Å². The lowest BCUT2D eigenvalue weighted by atomic mass is 9.81. The molecule has 1 rings (SSSR count). The van der Waals surface area contributed by atoms with Gasteiger partial charge in [-0.15, -0.1) is 0 Å². The zero-order valence-electron chi connectivity index (χ0n) is 8.38. The normalized spacial score (nSPS) is 23.6. The van der Waals surface area contributed by atoms with E-state index in [9.17, 15) is 9.90 Å². The summed E-state index contributed by atoms with van der Waals surface area (Å²) in [5, 5.41) is 10.1. The Morgan fingerprint density at radius 1 is 1.38 bits per heavy atom. The fourth-order valence-electron chi connectivity index (χ4n) is 1.93. The Labute approximate surface area is 79.1 Å². The molecular formula is C10H18O3. The molecule has 1 unspecified atom stereocenters. The first-order chi connectivity index (χ1) is 6.04.